The molecule has 0 fully saturated rings. The van der Waals surface area contributed by atoms with Crippen molar-refractivity contribution < 1.29 is 14.3 Å². The summed E-state index contributed by atoms with van der Waals surface area (Å²) >= 11 is 12.2. The fourth-order valence-electron chi connectivity index (χ4n) is 2.69. The molecular weight excluding hydrogens is 441 g/mol. The van der Waals surface area contributed by atoms with Crippen molar-refractivity contribution in [3.63, 3.8) is 0 Å². The lowest BCUT2D eigenvalue weighted by Crippen LogP contribution is -2.25. The van der Waals surface area contributed by atoms with E-state index < -0.39 is 5.91 Å². The highest BCUT2D eigenvalue weighted by Gasteiger charge is 2.14. The highest BCUT2D eigenvalue weighted by molar-refractivity contribution is 6.36. The van der Waals surface area contributed by atoms with E-state index in [-0.39, 0.29) is 12.5 Å². The maximum Gasteiger partial charge on any atom is 0.247 e. The van der Waals surface area contributed by atoms with Crippen LogP contribution >= 0.6 is 23.2 Å². The van der Waals surface area contributed by atoms with Gasteiger partial charge in [-0.25, -0.2) is 9.97 Å². The van der Waals surface area contributed by atoms with Crippen molar-refractivity contribution in [3.8, 4) is 5.75 Å². The minimum Gasteiger partial charge on any atom is -0.489 e. The maximum atomic E-state index is 11.9. The Balaban J connectivity index is 1.97. The highest BCUT2D eigenvalue weighted by atomic mass is 35.5. The molecule has 1 heterocycles. The second-order valence-electron chi connectivity index (χ2n) is 6.36. The molecule has 0 saturated carbocycles. The lowest BCUT2D eigenvalue weighted by Gasteiger charge is -2.15. The van der Waals surface area contributed by atoms with E-state index in [0.717, 1.165) is 6.08 Å². The van der Waals surface area contributed by atoms with E-state index in [0.29, 0.717) is 50.4 Å². The van der Waals surface area contributed by atoms with Gasteiger partial charge in [0.1, 0.15) is 24.5 Å². The second kappa shape index (κ2) is 10.1. The Morgan fingerprint density at radius 3 is 2.68 bits per heavy atom. The lowest BCUT2D eigenvalue weighted by molar-refractivity contribution is -0.119. The summed E-state index contributed by atoms with van der Waals surface area (Å²) in [6.45, 7) is 5.41. The Morgan fingerprint density at radius 2 is 1.97 bits per heavy atom. The summed E-state index contributed by atoms with van der Waals surface area (Å²) in [5.41, 5.74) is 1.59. The van der Waals surface area contributed by atoms with Crippen molar-refractivity contribution in [1.29, 1.82) is 0 Å². The molecule has 0 spiro atoms. The number of aromatic nitrogens is 2. The smallest absolute Gasteiger partial charge is 0.247 e. The van der Waals surface area contributed by atoms with Gasteiger partial charge in [-0.2, -0.15) is 0 Å². The average Bonchev–Trinajstić information content (AvgIpc) is 2.73. The van der Waals surface area contributed by atoms with Crippen LogP contribution in [0.2, 0.25) is 10.0 Å². The third kappa shape index (κ3) is 5.84. The molecule has 0 aliphatic carbocycles. The summed E-state index contributed by atoms with van der Waals surface area (Å²) in [6, 6.07) is 8.43. The molecule has 0 aliphatic rings. The van der Waals surface area contributed by atoms with Crippen LogP contribution < -0.4 is 20.7 Å². The number of nitrogens with one attached hydrogen (secondary N) is 3. The number of amides is 2. The van der Waals surface area contributed by atoms with Gasteiger partial charge in [0.2, 0.25) is 11.8 Å². The van der Waals surface area contributed by atoms with E-state index in [2.05, 4.69) is 32.5 Å². The van der Waals surface area contributed by atoms with Gasteiger partial charge < -0.3 is 20.7 Å². The van der Waals surface area contributed by atoms with E-state index in [4.69, 9.17) is 27.9 Å². The van der Waals surface area contributed by atoms with E-state index in [1.165, 1.54) is 13.3 Å². The topological polar surface area (TPSA) is 105 Å². The van der Waals surface area contributed by atoms with Crippen molar-refractivity contribution in [1.82, 2.24) is 15.3 Å². The highest BCUT2D eigenvalue weighted by Crippen LogP contribution is 2.35. The molecule has 3 rings (SSSR count). The lowest BCUT2D eigenvalue weighted by atomic mass is 10.1. The van der Waals surface area contributed by atoms with Gasteiger partial charge >= 0.3 is 0 Å². The normalized spacial score (nSPS) is 10.4. The van der Waals surface area contributed by atoms with Crippen LogP contribution in [0.15, 0.2) is 49.3 Å². The van der Waals surface area contributed by atoms with Crippen LogP contribution in [0.5, 0.6) is 5.75 Å². The number of nitrogens with zero attached hydrogens (tertiary/aromatic N) is 2. The monoisotopic (exact) mass is 459 g/mol. The summed E-state index contributed by atoms with van der Waals surface area (Å²) in [5.74, 6) is 0.306. The standard InChI is InChI=1S/C21H19Cl2N5O3/c1-3-20(30)27-18-9-14-17(10-19(18)31-7-6-24-12(2)29)25-11-26-21(14)28-16-5-4-13(22)8-15(16)23/h3-5,8-11H,1,6-7H2,2H3,(H,24,29)(H,27,30)(H,25,26,28). The van der Waals surface area contributed by atoms with Gasteiger partial charge in [0.15, 0.2) is 0 Å². The number of hydrogen-bond acceptors (Lipinski definition) is 6. The van der Waals surface area contributed by atoms with Crippen molar-refractivity contribution in [3.05, 3.63) is 59.4 Å². The molecule has 2 aromatic carbocycles. The van der Waals surface area contributed by atoms with Gasteiger partial charge in [-0.15, -0.1) is 0 Å². The Bertz CT molecular complexity index is 1150. The number of rotatable bonds is 8. The van der Waals surface area contributed by atoms with Crippen molar-refractivity contribution in [2.24, 2.45) is 0 Å². The van der Waals surface area contributed by atoms with Gasteiger partial charge in [0.25, 0.3) is 0 Å². The Morgan fingerprint density at radius 1 is 1.16 bits per heavy atom. The van der Waals surface area contributed by atoms with Crippen LogP contribution in [-0.2, 0) is 9.59 Å². The van der Waals surface area contributed by atoms with Crippen molar-refractivity contribution in [2.75, 3.05) is 23.8 Å². The molecule has 0 saturated heterocycles. The van der Waals surface area contributed by atoms with Crippen LogP contribution in [-0.4, -0.2) is 34.9 Å². The fourth-order valence-corrected chi connectivity index (χ4v) is 3.15. The zero-order valence-corrected chi connectivity index (χ0v) is 18.0. The molecule has 2 amide bonds. The molecule has 160 valence electrons. The summed E-state index contributed by atoms with van der Waals surface area (Å²) in [5, 5.41) is 10.1. The van der Waals surface area contributed by atoms with Gasteiger partial charge in [0.05, 0.1) is 28.5 Å². The summed E-state index contributed by atoms with van der Waals surface area (Å²) in [7, 11) is 0. The van der Waals surface area contributed by atoms with Gasteiger partial charge in [-0.05, 0) is 30.3 Å². The van der Waals surface area contributed by atoms with E-state index in [1.54, 1.807) is 30.3 Å². The summed E-state index contributed by atoms with van der Waals surface area (Å²) in [4.78, 5) is 31.5. The van der Waals surface area contributed by atoms with Crippen molar-refractivity contribution in [2.45, 2.75) is 6.92 Å². The molecular formula is C21H19Cl2N5O3. The molecule has 10 heteroatoms. The first-order valence-corrected chi connectivity index (χ1v) is 9.94. The van der Waals surface area contributed by atoms with Crippen LogP contribution in [0.3, 0.4) is 0 Å². The number of ether oxygens (including phenoxy) is 1. The third-order valence-corrected chi connectivity index (χ3v) is 4.65. The molecule has 0 unspecified atom stereocenters. The van der Waals surface area contributed by atoms with Crippen LogP contribution in [0.25, 0.3) is 10.9 Å². The summed E-state index contributed by atoms with van der Waals surface area (Å²) < 4.78 is 5.75. The number of carbonyl (C=O) groups excluding carboxylic acids is 2. The first-order valence-electron chi connectivity index (χ1n) is 9.19. The molecule has 3 N–H and O–H groups in total. The number of fused-ring (bicyclic) bond motifs is 1. The van der Waals surface area contributed by atoms with Gasteiger partial charge in [0, 0.05) is 23.4 Å². The molecule has 0 bridgehead atoms. The minimum atomic E-state index is -0.404. The molecule has 8 nitrogen and oxygen atoms in total. The minimum absolute atomic E-state index is 0.161. The van der Waals surface area contributed by atoms with Gasteiger partial charge in [-0.1, -0.05) is 29.8 Å². The largest absolute Gasteiger partial charge is 0.489 e. The van der Waals surface area contributed by atoms with Gasteiger partial charge in [-0.3, -0.25) is 9.59 Å². The Labute approximate surface area is 188 Å². The molecule has 0 atom stereocenters. The zero-order valence-electron chi connectivity index (χ0n) is 16.5. The molecule has 0 aliphatic heterocycles. The van der Waals surface area contributed by atoms with E-state index in [1.807, 2.05) is 0 Å². The SMILES string of the molecule is C=CC(=O)Nc1cc2c(Nc3ccc(Cl)cc3Cl)ncnc2cc1OCCNC(C)=O. The van der Waals surface area contributed by atoms with Crippen molar-refractivity contribution >= 4 is 63.1 Å². The predicted octanol–water partition coefficient (Wildman–Crippen LogP) is 4.32. The first kappa shape index (κ1) is 22.3. The maximum absolute atomic E-state index is 11.9. The quantitative estimate of drug-likeness (QED) is 0.342. The number of carbonyl (C=O) groups is 2. The third-order valence-electron chi connectivity index (χ3n) is 4.10. The Hall–Kier alpha value is -3.36. The number of hydrogen-bond donors (Lipinski definition) is 3. The number of halogens is 2. The predicted molar refractivity (Wildman–Crippen MR) is 122 cm³/mol. The number of benzene rings is 2. The molecule has 3 aromatic rings. The number of anilines is 3. The van der Waals surface area contributed by atoms with E-state index in [9.17, 15) is 9.59 Å². The second-order valence-corrected chi connectivity index (χ2v) is 7.21. The zero-order chi connectivity index (χ0) is 22.4. The van der Waals surface area contributed by atoms with Crippen LogP contribution in [0.1, 0.15) is 6.92 Å². The summed E-state index contributed by atoms with van der Waals surface area (Å²) in [6.07, 6.45) is 2.55. The van der Waals surface area contributed by atoms with Crippen LogP contribution in [0.4, 0.5) is 17.2 Å². The molecule has 1 aromatic heterocycles. The fraction of sp³-hybridized carbons (Fsp3) is 0.143. The average molecular weight is 460 g/mol. The molecule has 0 radical (unpaired) electrons. The first-order chi connectivity index (χ1) is 14.9. The molecule has 31 heavy (non-hydrogen) atoms. The Kier molecular flexibility index (Phi) is 7.28. The van der Waals surface area contributed by atoms with E-state index >= 15 is 0 Å². The van der Waals surface area contributed by atoms with Crippen LogP contribution in [0, 0.1) is 0 Å².